The van der Waals surface area contributed by atoms with E-state index < -0.39 is 5.41 Å². The average molecular weight is 619 g/mol. The zero-order valence-corrected chi connectivity index (χ0v) is 26.7. The molecule has 3 aliphatic heterocycles. The van der Waals surface area contributed by atoms with E-state index in [1.54, 1.807) is 17.0 Å². The van der Waals surface area contributed by atoms with Crippen molar-refractivity contribution < 1.29 is 18.4 Å². The van der Waals surface area contributed by atoms with Crippen LogP contribution in [-0.2, 0) is 17.8 Å². The monoisotopic (exact) mass is 618 g/mol. The topological polar surface area (TPSA) is 73.7 Å². The van der Waals surface area contributed by atoms with Crippen molar-refractivity contribution >= 4 is 23.3 Å². The third-order valence-corrected chi connectivity index (χ3v) is 9.66. The SMILES string of the molecule is Cc1nc2c(n1C1CC3CCC(C1)N3CCCN(C(=O)Nc1ccc(F)cc1)c1ccc(F)cc1)CCN(C(=O)C(C)(C)C)C2. The average Bonchev–Trinajstić information content (AvgIpc) is 3.45. The van der Waals surface area contributed by atoms with E-state index in [9.17, 15) is 18.4 Å². The Labute approximate surface area is 264 Å². The fourth-order valence-corrected chi connectivity index (χ4v) is 7.60. The van der Waals surface area contributed by atoms with Crippen LogP contribution in [0.4, 0.5) is 25.0 Å². The number of rotatable bonds is 7. The van der Waals surface area contributed by atoms with Crippen molar-refractivity contribution in [2.24, 2.45) is 5.41 Å². The van der Waals surface area contributed by atoms with Gasteiger partial charge in [-0.2, -0.15) is 0 Å². The molecule has 45 heavy (non-hydrogen) atoms. The molecule has 2 fully saturated rings. The van der Waals surface area contributed by atoms with E-state index in [0.29, 0.717) is 42.6 Å². The Hall–Kier alpha value is -3.79. The number of hydrogen-bond donors (Lipinski definition) is 1. The van der Waals surface area contributed by atoms with Crippen molar-refractivity contribution in [2.75, 3.05) is 29.9 Å². The van der Waals surface area contributed by atoms with Crippen molar-refractivity contribution in [3.05, 3.63) is 77.4 Å². The van der Waals surface area contributed by atoms with Crippen molar-refractivity contribution in [1.82, 2.24) is 19.4 Å². The van der Waals surface area contributed by atoms with Gasteiger partial charge in [0.25, 0.3) is 0 Å². The number of benzene rings is 2. The van der Waals surface area contributed by atoms with E-state index in [1.165, 1.54) is 42.1 Å². The van der Waals surface area contributed by atoms with Crippen molar-refractivity contribution in [2.45, 2.75) is 90.9 Å². The minimum atomic E-state index is -0.399. The molecule has 4 heterocycles. The number of anilines is 2. The summed E-state index contributed by atoms with van der Waals surface area (Å²) >= 11 is 0. The number of carbonyl (C=O) groups excluding carboxylic acids is 2. The Morgan fingerprint density at radius 1 is 0.956 bits per heavy atom. The van der Waals surface area contributed by atoms with Crippen LogP contribution in [-0.4, -0.2) is 63.0 Å². The van der Waals surface area contributed by atoms with Crippen LogP contribution in [0.1, 0.15) is 76.1 Å². The summed E-state index contributed by atoms with van der Waals surface area (Å²) in [6, 6.07) is 12.6. The highest BCUT2D eigenvalue weighted by atomic mass is 19.1. The molecule has 2 saturated heterocycles. The number of aryl methyl sites for hydroxylation is 1. The molecule has 3 aliphatic rings. The smallest absolute Gasteiger partial charge is 0.326 e. The molecular weight excluding hydrogens is 574 g/mol. The van der Waals surface area contributed by atoms with Crippen LogP contribution < -0.4 is 10.2 Å². The van der Waals surface area contributed by atoms with E-state index >= 15 is 0 Å². The zero-order chi connectivity index (χ0) is 31.9. The molecule has 0 spiro atoms. The number of nitrogens with zero attached hydrogens (tertiary/aromatic N) is 5. The number of fused-ring (bicyclic) bond motifs is 3. The summed E-state index contributed by atoms with van der Waals surface area (Å²) in [4.78, 5) is 37.4. The molecule has 6 rings (SSSR count). The molecule has 0 aliphatic carbocycles. The first-order valence-corrected chi connectivity index (χ1v) is 16.2. The molecule has 3 amide bonds. The summed E-state index contributed by atoms with van der Waals surface area (Å²) in [6.45, 7) is 10.7. The second kappa shape index (κ2) is 12.5. The molecule has 3 aromatic rings. The van der Waals surface area contributed by atoms with Crippen LogP contribution in [0, 0.1) is 24.0 Å². The van der Waals surface area contributed by atoms with Gasteiger partial charge < -0.3 is 14.8 Å². The molecule has 10 heteroatoms. The molecule has 1 aromatic heterocycles. The fraction of sp³-hybridized carbons (Fsp3) is 0.514. The third-order valence-electron chi connectivity index (χ3n) is 9.66. The Morgan fingerprint density at radius 2 is 1.58 bits per heavy atom. The molecule has 2 bridgehead atoms. The van der Waals surface area contributed by atoms with Gasteiger partial charge in [0.1, 0.15) is 17.5 Å². The van der Waals surface area contributed by atoms with Gasteiger partial charge in [-0.15, -0.1) is 0 Å². The molecule has 2 aromatic carbocycles. The Kier molecular flexibility index (Phi) is 8.70. The molecule has 2 atom stereocenters. The van der Waals surface area contributed by atoms with Crippen molar-refractivity contribution in [1.29, 1.82) is 0 Å². The second-order valence-electron chi connectivity index (χ2n) is 13.8. The zero-order valence-electron chi connectivity index (χ0n) is 26.7. The molecular formula is C35H44F2N6O2. The van der Waals surface area contributed by atoms with Crippen molar-refractivity contribution in [3.63, 3.8) is 0 Å². The highest BCUT2D eigenvalue weighted by molar-refractivity contribution is 6.01. The Bertz CT molecular complexity index is 1520. The van der Waals surface area contributed by atoms with Gasteiger partial charge in [0.05, 0.1) is 12.2 Å². The quantitative estimate of drug-likeness (QED) is 0.320. The molecule has 0 saturated carbocycles. The lowest BCUT2D eigenvalue weighted by Gasteiger charge is -2.41. The van der Waals surface area contributed by atoms with Gasteiger partial charge in [-0.1, -0.05) is 20.8 Å². The number of aromatic nitrogens is 2. The number of carbonyl (C=O) groups is 2. The molecule has 0 radical (unpaired) electrons. The van der Waals surface area contributed by atoms with Crippen LogP contribution >= 0.6 is 0 Å². The summed E-state index contributed by atoms with van der Waals surface area (Å²) < 4.78 is 29.6. The largest absolute Gasteiger partial charge is 0.336 e. The van der Waals surface area contributed by atoms with Gasteiger partial charge in [-0.3, -0.25) is 14.6 Å². The molecule has 1 N–H and O–H groups in total. The fourth-order valence-electron chi connectivity index (χ4n) is 7.60. The van der Waals surface area contributed by atoms with E-state index in [1.807, 2.05) is 25.7 Å². The highest BCUT2D eigenvalue weighted by Crippen LogP contribution is 2.42. The number of hydrogen-bond acceptors (Lipinski definition) is 4. The van der Waals surface area contributed by atoms with Gasteiger partial charge in [-0.25, -0.2) is 18.6 Å². The van der Waals surface area contributed by atoms with E-state index in [2.05, 4.69) is 21.7 Å². The standard InChI is InChI=1S/C35H44F2N6O2/c1-23-38-31-22-40(33(44)35(2,3)4)19-16-32(31)43(23)30-20-28-14-15-29(21-30)41(28)17-5-18-42(27-12-8-25(37)9-13-27)34(45)39-26-10-6-24(36)7-11-26/h6-13,28-30H,5,14-22H2,1-4H3,(H,39,45). The van der Waals surface area contributed by atoms with Gasteiger partial charge in [0, 0.05) is 66.7 Å². The molecule has 2 unspecified atom stereocenters. The van der Waals surface area contributed by atoms with Gasteiger partial charge >= 0.3 is 6.03 Å². The lowest BCUT2D eigenvalue weighted by Crippen LogP contribution is -2.46. The minimum absolute atomic E-state index is 0.178. The first-order valence-electron chi connectivity index (χ1n) is 16.2. The maximum Gasteiger partial charge on any atom is 0.326 e. The van der Waals surface area contributed by atoms with E-state index in [0.717, 1.165) is 63.1 Å². The lowest BCUT2D eigenvalue weighted by atomic mass is 9.93. The first kappa shape index (κ1) is 31.2. The van der Waals surface area contributed by atoms with Crippen LogP contribution in [0.25, 0.3) is 0 Å². The predicted molar refractivity (Wildman–Crippen MR) is 171 cm³/mol. The molecule has 8 nitrogen and oxygen atoms in total. The van der Waals surface area contributed by atoms with Crippen LogP contribution in [0.15, 0.2) is 48.5 Å². The summed E-state index contributed by atoms with van der Waals surface area (Å²) in [5, 5.41) is 2.85. The van der Waals surface area contributed by atoms with Crippen LogP contribution in [0.5, 0.6) is 0 Å². The summed E-state index contributed by atoms with van der Waals surface area (Å²) in [5.74, 6) is 0.494. The van der Waals surface area contributed by atoms with Crippen LogP contribution in [0.2, 0.25) is 0 Å². The molecule has 240 valence electrons. The number of halogens is 2. The minimum Gasteiger partial charge on any atom is -0.336 e. The maximum absolute atomic E-state index is 13.7. The first-order chi connectivity index (χ1) is 21.5. The number of imidazole rings is 1. The van der Waals surface area contributed by atoms with Crippen LogP contribution in [0.3, 0.4) is 0 Å². The predicted octanol–water partition coefficient (Wildman–Crippen LogP) is 6.70. The van der Waals surface area contributed by atoms with Gasteiger partial charge in [0.15, 0.2) is 0 Å². The Balaban J connectivity index is 1.10. The Morgan fingerprint density at radius 3 is 2.20 bits per heavy atom. The highest BCUT2D eigenvalue weighted by Gasteiger charge is 2.42. The van der Waals surface area contributed by atoms with E-state index in [4.69, 9.17) is 4.98 Å². The number of urea groups is 1. The lowest BCUT2D eigenvalue weighted by molar-refractivity contribution is -0.140. The maximum atomic E-state index is 13.7. The van der Waals surface area contributed by atoms with E-state index in [-0.39, 0.29) is 23.6 Å². The second-order valence-corrected chi connectivity index (χ2v) is 13.8. The summed E-state index contributed by atoms with van der Waals surface area (Å²) in [7, 11) is 0. The normalized spacial score (nSPS) is 21.5. The van der Waals surface area contributed by atoms with Gasteiger partial charge in [-0.05, 0) is 87.6 Å². The number of nitrogens with one attached hydrogen (secondary N) is 1. The number of piperidine rings is 1. The van der Waals surface area contributed by atoms with Crippen molar-refractivity contribution in [3.8, 4) is 0 Å². The van der Waals surface area contributed by atoms with Gasteiger partial charge in [0.2, 0.25) is 5.91 Å². The third kappa shape index (κ3) is 6.61. The number of amides is 3. The summed E-state index contributed by atoms with van der Waals surface area (Å²) in [5.41, 5.74) is 3.06. The summed E-state index contributed by atoms with van der Waals surface area (Å²) in [6.07, 6.45) is 6.07.